The lowest BCUT2D eigenvalue weighted by Gasteiger charge is -2.27. The van der Waals surface area contributed by atoms with Gasteiger partial charge in [0.15, 0.2) is 0 Å². The van der Waals surface area contributed by atoms with Crippen LogP contribution in [0.5, 0.6) is 11.5 Å². The minimum atomic E-state index is -0.141. The van der Waals surface area contributed by atoms with Gasteiger partial charge in [-0.1, -0.05) is 128 Å². The van der Waals surface area contributed by atoms with Gasteiger partial charge in [0.05, 0.1) is 28.1 Å². The third-order valence-corrected chi connectivity index (χ3v) is 11.1. The predicted molar refractivity (Wildman–Crippen MR) is 238 cm³/mol. The Morgan fingerprint density at radius 1 is 0.526 bits per heavy atom. The number of hydrogen-bond donors (Lipinski definition) is 0. The Bertz CT molecular complexity index is 2590. The van der Waals surface area contributed by atoms with E-state index in [4.69, 9.17) is 9.72 Å². The first-order valence-electron chi connectivity index (χ1n) is 20.5. The maximum atomic E-state index is 6.88. The van der Waals surface area contributed by atoms with Gasteiger partial charge in [0.25, 0.3) is 6.33 Å². The fraction of sp³-hybridized carbons (Fsp3) is 0.385. The highest BCUT2D eigenvalue weighted by atomic mass is 16.5. The molecule has 0 atom stereocenters. The molecule has 0 saturated carbocycles. The smallest absolute Gasteiger partial charge is 0.269 e. The Morgan fingerprint density at radius 2 is 1.12 bits per heavy atom. The van der Waals surface area contributed by atoms with Crippen LogP contribution in [0.2, 0.25) is 0 Å². The molecule has 0 bridgehead atoms. The molecule has 4 aromatic carbocycles. The number of fused-ring (bicyclic) bond motifs is 3. The Morgan fingerprint density at radius 3 is 1.74 bits per heavy atom. The summed E-state index contributed by atoms with van der Waals surface area (Å²) in [5.74, 6) is 2.45. The second kappa shape index (κ2) is 13.7. The molecule has 5 nitrogen and oxygen atoms in total. The summed E-state index contributed by atoms with van der Waals surface area (Å²) in [6, 6.07) is 33.0. The van der Waals surface area contributed by atoms with Gasteiger partial charge in [-0.15, -0.1) is 0 Å². The van der Waals surface area contributed by atoms with Crippen LogP contribution in [-0.4, -0.2) is 14.1 Å². The van der Waals surface area contributed by atoms with Crippen LogP contribution >= 0.6 is 0 Å². The molecule has 0 fully saturated rings. The Labute approximate surface area is 341 Å². The van der Waals surface area contributed by atoms with Crippen LogP contribution in [0.4, 0.5) is 0 Å². The van der Waals surface area contributed by atoms with E-state index >= 15 is 0 Å². The van der Waals surface area contributed by atoms with Crippen molar-refractivity contribution in [1.29, 1.82) is 0 Å². The summed E-state index contributed by atoms with van der Waals surface area (Å²) in [5, 5.41) is 2.35. The van der Waals surface area contributed by atoms with Crippen molar-refractivity contribution in [2.45, 2.75) is 131 Å². The van der Waals surface area contributed by atoms with Crippen molar-refractivity contribution in [3.8, 4) is 28.7 Å². The van der Waals surface area contributed by atoms with Gasteiger partial charge in [0.1, 0.15) is 17.3 Å². The highest BCUT2D eigenvalue weighted by Gasteiger charge is 2.27. The van der Waals surface area contributed by atoms with Crippen LogP contribution in [0, 0.1) is 6.33 Å². The zero-order valence-corrected chi connectivity index (χ0v) is 37.0. The third kappa shape index (κ3) is 8.04. The Kier molecular flexibility index (Phi) is 9.66. The number of imidazole rings is 1. The second-order valence-corrected chi connectivity index (χ2v) is 21.1. The molecule has 7 rings (SSSR count). The molecule has 0 unspecified atom stereocenters. The Balaban J connectivity index is 1.37. The first kappa shape index (κ1) is 40.1. The molecule has 3 heterocycles. The molecule has 0 aliphatic heterocycles. The van der Waals surface area contributed by atoms with E-state index in [9.17, 15) is 0 Å². The van der Waals surface area contributed by atoms with E-state index in [1.54, 1.807) is 0 Å². The van der Waals surface area contributed by atoms with E-state index in [0.29, 0.717) is 0 Å². The predicted octanol–water partition coefficient (Wildman–Crippen LogP) is 13.3. The summed E-state index contributed by atoms with van der Waals surface area (Å²) in [5.41, 5.74) is 10.3. The largest absolute Gasteiger partial charge is 0.458 e. The standard InChI is InChI=1S/C52H62N4O/c1-48(2,3)34-22-23-53-47(29-34)56-44-19-17-16-18-42(44)43-21-20-40(31-45(43)56)57-41-28-37(51(10,11)12)25-38(30-41)54-32-46(52(13,14)15)55(33-54)39-26-35(49(4,5)6)24-36(27-39)50(7,8)9/h16-32H,1-15H3. The van der Waals surface area contributed by atoms with Gasteiger partial charge < -0.3 is 4.74 Å². The average molecular weight is 759 g/mol. The van der Waals surface area contributed by atoms with Crippen LogP contribution in [0.15, 0.2) is 103 Å². The topological polar surface area (TPSA) is 35.9 Å². The van der Waals surface area contributed by atoms with Gasteiger partial charge in [-0.2, -0.15) is 0 Å². The maximum Gasteiger partial charge on any atom is 0.269 e. The summed E-state index contributed by atoms with van der Waals surface area (Å²) in [6.07, 6.45) is 7.97. The average Bonchev–Trinajstić information content (AvgIpc) is 3.71. The van der Waals surface area contributed by atoms with Gasteiger partial charge in [-0.25, -0.2) is 4.98 Å². The van der Waals surface area contributed by atoms with E-state index in [1.807, 2.05) is 6.20 Å². The molecule has 3 aromatic heterocycles. The number of hydrogen-bond acceptors (Lipinski definition) is 2. The van der Waals surface area contributed by atoms with Crippen LogP contribution < -0.4 is 9.30 Å². The van der Waals surface area contributed by atoms with Gasteiger partial charge in [-0.3, -0.25) is 13.7 Å². The number of ether oxygens (including phenoxy) is 1. The number of para-hydroxylation sites is 1. The third-order valence-electron chi connectivity index (χ3n) is 11.1. The van der Waals surface area contributed by atoms with Crippen molar-refractivity contribution in [2.24, 2.45) is 0 Å². The van der Waals surface area contributed by atoms with Gasteiger partial charge in [0, 0.05) is 29.2 Å². The first-order valence-corrected chi connectivity index (χ1v) is 20.5. The molecule has 0 spiro atoms. The normalized spacial score (nSPS) is 13.2. The molecule has 0 radical (unpaired) electrons. The van der Waals surface area contributed by atoms with Crippen molar-refractivity contribution in [2.75, 3.05) is 0 Å². The van der Waals surface area contributed by atoms with E-state index in [-0.39, 0.29) is 27.1 Å². The van der Waals surface area contributed by atoms with Crippen LogP contribution in [0.1, 0.15) is 132 Å². The van der Waals surface area contributed by atoms with Crippen molar-refractivity contribution < 1.29 is 9.30 Å². The van der Waals surface area contributed by atoms with E-state index in [2.05, 4.69) is 221 Å². The molecule has 296 valence electrons. The van der Waals surface area contributed by atoms with Gasteiger partial charge in [-0.05, 0) is 110 Å². The summed E-state index contributed by atoms with van der Waals surface area (Å²) in [6.45, 7) is 34.1. The number of nitrogens with zero attached hydrogens (tertiary/aromatic N) is 4. The van der Waals surface area contributed by atoms with Crippen LogP contribution in [0.3, 0.4) is 0 Å². The van der Waals surface area contributed by atoms with Crippen molar-refractivity contribution in [3.63, 3.8) is 0 Å². The molecular formula is C52H62N4O. The lowest BCUT2D eigenvalue weighted by atomic mass is 9.80. The second-order valence-electron chi connectivity index (χ2n) is 21.1. The summed E-state index contributed by atoms with van der Waals surface area (Å²) in [4.78, 5) is 4.89. The van der Waals surface area contributed by atoms with Gasteiger partial charge >= 0.3 is 0 Å². The summed E-state index contributed by atoms with van der Waals surface area (Å²) < 4.78 is 13.6. The van der Waals surface area contributed by atoms with Crippen molar-refractivity contribution in [3.05, 3.63) is 138 Å². The fourth-order valence-corrected chi connectivity index (χ4v) is 7.45. The number of rotatable bonds is 5. The van der Waals surface area contributed by atoms with E-state index < -0.39 is 0 Å². The highest BCUT2D eigenvalue weighted by Crippen LogP contribution is 2.38. The molecule has 5 heteroatoms. The molecule has 0 saturated heterocycles. The molecule has 57 heavy (non-hydrogen) atoms. The molecule has 0 aliphatic rings. The summed E-state index contributed by atoms with van der Waals surface area (Å²) >= 11 is 0. The molecular weight excluding hydrogens is 697 g/mol. The zero-order valence-electron chi connectivity index (χ0n) is 37.0. The first-order chi connectivity index (χ1) is 26.4. The number of aromatic nitrogens is 4. The fourth-order valence-electron chi connectivity index (χ4n) is 7.45. The van der Waals surface area contributed by atoms with Crippen LogP contribution in [-0.2, 0) is 27.1 Å². The minimum Gasteiger partial charge on any atom is -0.458 e. The Hall–Kier alpha value is -5.16. The molecule has 7 aromatic rings. The number of benzene rings is 4. The summed E-state index contributed by atoms with van der Waals surface area (Å²) in [7, 11) is 0. The molecule has 0 N–H and O–H groups in total. The SMILES string of the molecule is CC(C)(C)c1cc(Oc2ccc3c4ccccc4n(-c4cc(C(C)(C)C)ccn4)c3c2)cc(-n2[c-][n+](-c3cc(C(C)(C)C)cc(C(C)(C)C)c3)c(C(C)(C)C)c2)c1. The van der Waals surface area contributed by atoms with Crippen molar-refractivity contribution in [1.82, 2.24) is 14.1 Å². The quantitative estimate of drug-likeness (QED) is 0.129. The van der Waals surface area contributed by atoms with E-state index in [1.165, 1.54) is 33.3 Å². The van der Waals surface area contributed by atoms with Gasteiger partial charge in [0.2, 0.25) is 0 Å². The lowest BCUT2D eigenvalue weighted by molar-refractivity contribution is -0.611. The lowest BCUT2D eigenvalue weighted by Crippen LogP contribution is -2.39. The monoisotopic (exact) mass is 758 g/mol. The molecule has 0 amide bonds. The minimum absolute atomic E-state index is 0.00133. The number of pyridine rings is 1. The van der Waals surface area contributed by atoms with Crippen LogP contribution in [0.25, 0.3) is 39.0 Å². The van der Waals surface area contributed by atoms with E-state index in [0.717, 1.165) is 45.1 Å². The van der Waals surface area contributed by atoms with Crippen molar-refractivity contribution >= 4 is 21.8 Å². The molecule has 0 aliphatic carbocycles. The zero-order chi connectivity index (χ0) is 41.5. The highest BCUT2D eigenvalue weighted by molar-refractivity contribution is 6.09. The maximum absolute atomic E-state index is 6.88.